The van der Waals surface area contributed by atoms with E-state index in [0.29, 0.717) is 0 Å². The van der Waals surface area contributed by atoms with Crippen LogP contribution in [0.1, 0.15) is 31.2 Å². The Balaban J connectivity index is 1.51. The van der Waals surface area contributed by atoms with E-state index in [9.17, 15) is 4.79 Å². The van der Waals surface area contributed by atoms with Crippen LogP contribution in [-0.2, 0) is 11.2 Å². The molecule has 1 amide bonds. The zero-order valence-corrected chi connectivity index (χ0v) is 13.3. The molecular weight excluding hydrogens is 284 g/mol. The van der Waals surface area contributed by atoms with Crippen LogP contribution in [0.2, 0.25) is 0 Å². The number of amides is 1. The molecule has 3 heteroatoms. The average Bonchev–Trinajstić information content (AvgIpc) is 2.53. The van der Waals surface area contributed by atoms with Crippen molar-refractivity contribution in [3.63, 3.8) is 0 Å². The largest absolute Gasteiger partial charge is 0.341 e. The molecule has 3 nitrogen and oxygen atoms in total. The summed E-state index contributed by atoms with van der Waals surface area (Å²) in [5.41, 5.74) is 4.82. The van der Waals surface area contributed by atoms with Gasteiger partial charge in [0.05, 0.1) is 0 Å². The highest BCUT2D eigenvalue weighted by molar-refractivity contribution is 5.93. The fraction of sp³-hybridized carbons (Fsp3) is 0.350. The number of fused-ring (bicyclic) bond motifs is 1. The molecule has 1 aliphatic heterocycles. The number of carbonyl (C=O) groups excluding carboxylic acids is 1. The normalized spacial score (nSPS) is 17.3. The number of carbonyl (C=O) groups is 1. The number of rotatable bonds is 3. The van der Waals surface area contributed by atoms with Crippen molar-refractivity contribution in [2.75, 3.05) is 16.8 Å². The zero-order valence-electron chi connectivity index (χ0n) is 13.3. The molecule has 1 aliphatic carbocycles. The molecule has 0 radical (unpaired) electrons. The van der Waals surface area contributed by atoms with E-state index in [4.69, 9.17) is 0 Å². The fourth-order valence-corrected chi connectivity index (χ4v) is 3.44. The Morgan fingerprint density at radius 2 is 1.78 bits per heavy atom. The lowest BCUT2D eigenvalue weighted by atomic mass is 9.85. The third-order valence-electron chi connectivity index (χ3n) is 5.03. The van der Waals surface area contributed by atoms with Gasteiger partial charge >= 0.3 is 0 Å². The van der Waals surface area contributed by atoms with Crippen LogP contribution in [-0.4, -0.2) is 12.5 Å². The summed E-state index contributed by atoms with van der Waals surface area (Å²) in [6.45, 7) is 1.05. The molecule has 2 aromatic carbocycles. The maximum atomic E-state index is 12.0. The van der Waals surface area contributed by atoms with Gasteiger partial charge in [0, 0.05) is 29.5 Å². The molecule has 2 aromatic rings. The zero-order chi connectivity index (χ0) is 15.6. The third kappa shape index (κ3) is 2.83. The Morgan fingerprint density at radius 3 is 2.52 bits per heavy atom. The fourth-order valence-electron chi connectivity index (χ4n) is 3.44. The standard InChI is InChI=1S/C20H22N2O/c23-20(16-6-3-7-16)21-17-10-12-18(13-11-17)22-14-4-8-15-5-1-2-9-19(15)22/h1-2,5,9-13,16H,3-4,6-8,14H2,(H,21,23). The van der Waals surface area contributed by atoms with E-state index in [2.05, 4.69) is 46.6 Å². The van der Waals surface area contributed by atoms with Gasteiger partial charge in [0.2, 0.25) is 5.91 Å². The van der Waals surface area contributed by atoms with Crippen LogP contribution in [0.15, 0.2) is 48.5 Å². The molecule has 0 spiro atoms. The predicted molar refractivity (Wildman–Crippen MR) is 94.2 cm³/mol. The second-order valence-electron chi connectivity index (χ2n) is 6.55. The summed E-state index contributed by atoms with van der Waals surface area (Å²) in [4.78, 5) is 14.4. The maximum absolute atomic E-state index is 12.0. The summed E-state index contributed by atoms with van der Waals surface area (Å²) in [5.74, 6) is 0.399. The van der Waals surface area contributed by atoms with Crippen LogP contribution in [0.4, 0.5) is 17.1 Å². The molecule has 118 valence electrons. The average molecular weight is 306 g/mol. The quantitative estimate of drug-likeness (QED) is 0.905. The van der Waals surface area contributed by atoms with Crippen LogP contribution in [0.25, 0.3) is 0 Å². The van der Waals surface area contributed by atoms with Gasteiger partial charge in [-0.2, -0.15) is 0 Å². The van der Waals surface area contributed by atoms with Gasteiger partial charge in [-0.25, -0.2) is 0 Å². The first-order valence-electron chi connectivity index (χ1n) is 8.58. The van der Waals surface area contributed by atoms with Crippen molar-refractivity contribution in [1.82, 2.24) is 0 Å². The summed E-state index contributed by atoms with van der Waals surface area (Å²) >= 11 is 0. The van der Waals surface area contributed by atoms with E-state index < -0.39 is 0 Å². The molecule has 0 aromatic heterocycles. The number of para-hydroxylation sites is 1. The first-order valence-corrected chi connectivity index (χ1v) is 8.58. The minimum absolute atomic E-state index is 0.173. The van der Waals surface area contributed by atoms with E-state index in [0.717, 1.165) is 31.5 Å². The molecular formula is C20H22N2O. The van der Waals surface area contributed by atoms with Gasteiger partial charge in [0.15, 0.2) is 0 Å². The van der Waals surface area contributed by atoms with E-state index in [-0.39, 0.29) is 11.8 Å². The Morgan fingerprint density at radius 1 is 1.00 bits per heavy atom. The van der Waals surface area contributed by atoms with Gasteiger partial charge in [-0.1, -0.05) is 24.6 Å². The van der Waals surface area contributed by atoms with Crippen LogP contribution in [0.3, 0.4) is 0 Å². The van der Waals surface area contributed by atoms with Crippen molar-refractivity contribution < 1.29 is 4.79 Å². The molecule has 23 heavy (non-hydrogen) atoms. The second-order valence-corrected chi connectivity index (χ2v) is 6.55. The molecule has 0 saturated heterocycles. The summed E-state index contributed by atoms with van der Waals surface area (Å²) in [7, 11) is 0. The van der Waals surface area contributed by atoms with Crippen molar-refractivity contribution in [2.24, 2.45) is 5.92 Å². The lowest BCUT2D eigenvalue weighted by Crippen LogP contribution is -2.28. The highest BCUT2D eigenvalue weighted by Crippen LogP contribution is 2.34. The number of nitrogens with zero attached hydrogens (tertiary/aromatic N) is 1. The summed E-state index contributed by atoms with van der Waals surface area (Å²) in [6, 6.07) is 16.9. The van der Waals surface area contributed by atoms with Gasteiger partial charge in [-0.15, -0.1) is 0 Å². The molecule has 2 aliphatic rings. The van der Waals surface area contributed by atoms with E-state index >= 15 is 0 Å². The Labute approximate surface area is 137 Å². The van der Waals surface area contributed by atoms with Crippen LogP contribution in [0.5, 0.6) is 0 Å². The highest BCUT2D eigenvalue weighted by Gasteiger charge is 2.25. The Kier molecular flexibility index (Phi) is 3.78. The van der Waals surface area contributed by atoms with E-state index in [1.165, 1.54) is 29.8 Å². The highest BCUT2D eigenvalue weighted by atomic mass is 16.1. The second kappa shape index (κ2) is 6.07. The van der Waals surface area contributed by atoms with Crippen LogP contribution < -0.4 is 10.2 Å². The Bertz CT molecular complexity index is 704. The first kappa shape index (κ1) is 14.3. The number of hydrogen-bond donors (Lipinski definition) is 1. The molecule has 1 heterocycles. The maximum Gasteiger partial charge on any atom is 0.227 e. The van der Waals surface area contributed by atoms with Gasteiger partial charge < -0.3 is 10.2 Å². The van der Waals surface area contributed by atoms with Crippen LogP contribution in [0, 0.1) is 5.92 Å². The predicted octanol–water partition coefficient (Wildman–Crippen LogP) is 4.51. The van der Waals surface area contributed by atoms with Gasteiger partial charge in [-0.05, 0) is 61.6 Å². The monoisotopic (exact) mass is 306 g/mol. The van der Waals surface area contributed by atoms with E-state index in [1.807, 2.05) is 12.1 Å². The van der Waals surface area contributed by atoms with E-state index in [1.54, 1.807) is 0 Å². The molecule has 0 unspecified atom stereocenters. The Hall–Kier alpha value is -2.29. The van der Waals surface area contributed by atoms with Crippen molar-refractivity contribution >= 4 is 23.0 Å². The van der Waals surface area contributed by atoms with Crippen molar-refractivity contribution in [3.05, 3.63) is 54.1 Å². The molecule has 1 N–H and O–H groups in total. The van der Waals surface area contributed by atoms with Crippen molar-refractivity contribution in [1.29, 1.82) is 0 Å². The number of hydrogen-bond acceptors (Lipinski definition) is 2. The summed E-state index contributed by atoms with van der Waals surface area (Å²) in [5, 5.41) is 3.04. The third-order valence-corrected chi connectivity index (χ3v) is 5.03. The van der Waals surface area contributed by atoms with Crippen LogP contribution >= 0.6 is 0 Å². The lowest BCUT2D eigenvalue weighted by molar-refractivity contribution is -0.122. The SMILES string of the molecule is O=C(Nc1ccc(N2CCCc3ccccc32)cc1)C1CCC1. The molecule has 4 rings (SSSR count). The smallest absolute Gasteiger partial charge is 0.227 e. The number of anilines is 3. The van der Waals surface area contributed by atoms with Gasteiger partial charge in [-0.3, -0.25) is 4.79 Å². The lowest BCUT2D eigenvalue weighted by Gasteiger charge is -2.31. The van der Waals surface area contributed by atoms with Gasteiger partial charge in [0.25, 0.3) is 0 Å². The molecule has 0 bridgehead atoms. The van der Waals surface area contributed by atoms with Crippen molar-refractivity contribution in [3.8, 4) is 0 Å². The minimum atomic E-state index is 0.173. The molecule has 1 fully saturated rings. The number of nitrogens with one attached hydrogen (secondary N) is 1. The van der Waals surface area contributed by atoms with Gasteiger partial charge in [0.1, 0.15) is 0 Å². The number of aryl methyl sites for hydroxylation is 1. The molecule has 1 saturated carbocycles. The number of benzene rings is 2. The summed E-state index contributed by atoms with van der Waals surface area (Å²) < 4.78 is 0. The van der Waals surface area contributed by atoms with Crippen molar-refractivity contribution in [2.45, 2.75) is 32.1 Å². The molecule has 0 atom stereocenters. The first-order chi connectivity index (χ1) is 11.3. The minimum Gasteiger partial charge on any atom is -0.341 e. The summed E-state index contributed by atoms with van der Waals surface area (Å²) in [6.07, 6.45) is 5.59. The topological polar surface area (TPSA) is 32.3 Å².